The molecule has 1 fully saturated rings. The van der Waals surface area contributed by atoms with Gasteiger partial charge in [0.25, 0.3) is 5.91 Å². The van der Waals surface area contributed by atoms with E-state index < -0.39 is 0 Å². The third-order valence-corrected chi connectivity index (χ3v) is 4.99. The van der Waals surface area contributed by atoms with Gasteiger partial charge in [0.1, 0.15) is 5.69 Å². The molecule has 3 heterocycles. The number of fused-ring (bicyclic) bond motifs is 1. The number of rotatable bonds is 2. The summed E-state index contributed by atoms with van der Waals surface area (Å²) in [5, 5.41) is 4.04. The number of hydrogen-bond acceptors (Lipinski definition) is 4. The molecule has 2 aromatic heterocycles. The Hall–Kier alpha value is -1.53. The molecule has 6 heteroatoms. The van der Waals surface area contributed by atoms with Gasteiger partial charge in [0.2, 0.25) is 0 Å². The molecule has 22 heavy (non-hydrogen) atoms. The van der Waals surface area contributed by atoms with Gasteiger partial charge in [-0.05, 0) is 61.4 Å². The molecule has 1 amide bonds. The zero-order chi connectivity index (χ0) is 15.7. The highest BCUT2D eigenvalue weighted by Crippen LogP contribution is 2.21. The molecular weight excluding hydrogens is 344 g/mol. The van der Waals surface area contributed by atoms with Crippen LogP contribution < -0.4 is 5.32 Å². The van der Waals surface area contributed by atoms with Crippen molar-refractivity contribution >= 4 is 32.7 Å². The van der Waals surface area contributed by atoms with Gasteiger partial charge in [-0.3, -0.25) is 9.78 Å². The van der Waals surface area contributed by atoms with Crippen LogP contribution in [0.15, 0.2) is 29.0 Å². The summed E-state index contributed by atoms with van der Waals surface area (Å²) in [5.74, 6) is -0.113. The van der Waals surface area contributed by atoms with Crippen LogP contribution in [0, 0.1) is 0 Å². The first-order valence-electron chi connectivity index (χ1n) is 7.47. The lowest BCUT2D eigenvalue weighted by Crippen LogP contribution is -2.52. The largest absolute Gasteiger partial charge is 0.346 e. The maximum absolute atomic E-state index is 12.5. The van der Waals surface area contributed by atoms with E-state index in [1.165, 1.54) is 0 Å². The average molecular weight is 363 g/mol. The van der Waals surface area contributed by atoms with E-state index in [1.54, 1.807) is 18.5 Å². The van der Waals surface area contributed by atoms with E-state index >= 15 is 0 Å². The number of likely N-dealkylation sites (N-methyl/N-ethyl adjacent to an activating group) is 1. The van der Waals surface area contributed by atoms with Crippen molar-refractivity contribution < 1.29 is 4.79 Å². The molecular formula is C16H19BrN4O. The average Bonchev–Trinajstić information content (AvgIpc) is 2.52. The highest BCUT2D eigenvalue weighted by Gasteiger charge is 2.27. The van der Waals surface area contributed by atoms with Gasteiger partial charge in [-0.15, -0.1) is 0 Å². The quantitative estimate of drug-likeness (QED) is 0.891. The number of carbonyl (C=O) groups is 1. The van der Waals surface area contributed by atoms with Gasteiger partial charge >= 0.3 is 0 Å². The van der Waals surface area contributed by atoms with Crippen LogP contribution in [0.2, 0.25) is 0 Å². The number of likely N-dealkylation sites (tertiary alicyclic amines) is 1. The number of halogens is 1. The smallest absolute Gasteiger partial charge is 0.270 e. The zero-order valence-electron chi connectivity index (χ0n) is 12.7. The van der Waals surface area contributed by atoms with Crippen molar-refractivity contribution in [3.63, 3.8) is 0 Å². The Morgan fingerprint density at radius 2 is 2.23 bits per heavy atom. The van der Waals surface area contributed by atoms with Gasteiger partial charge in [0.05, 0.1) is 9.99 Å². The Bertz CT molecular complexity index is 706. The number of carbonyl (C=O) groups excluding carboxylic acids is 1. The number of nitrogens with one attached hydrogen (secondary N) is 1. The summed E-state index contributed by atoms with van der Waals surface area (Å²) in [6, 6.07) is 4.15. The van der Waals surface area contributed by atoms with E-state index in [1.807, 2.05) is 6.07 Å². The summed E-state index contributed by atoms with van der Waals surface area (Å²) in [6.07, 6.45) is 5.55. The minimum Gasteiger partial charge on any atom is -0.346 e. The van der Waals surface area contributed by atoms with Gasteiger partial charge in [-0.25, -0.2) is 4.98 Å². The Morgan fingerprint density at radius 3 is 3.05 bits per heavy atom. The molecule has 0 saturated carbocycles. The van der Waals surface area contributed by atoms with Crippen molar-refractivity contribution in [1.82, 2.24) is 20.2 Å². The number of nitrogens with zero attached hydrogens (tertiary/aromatic N) is 3. The topological polar surface area (TPSA) is 58.1 Å². The van der Waals surface area contributed by atoms with Crippen LogP contribution in [0.25, 0.3) is 10.9 Å². The first-order chi connectivity index (χ1) is 10.6. The van der Waals surface area contributed by atoms with Crippen LogP contribution in [-0.2, 0) is 0 Å². The Balaban J connectivity index is 1.81. The second-order valence-electron chi connectivity index (χ2n) is 5.83. The molecule has 2 aromatic rings. The lowest BCUT2D eigenvalue weighted by molar-refractivity contribution is 0.0863. The summed E-state index contributed by atoms with van der Waals surface area (Å²) in [4.78, 5) is 23.4. The van der Waals surface area contributed by atoms with Crippen molar-refractivity contribution in [3.05, 3.63) is 34.7 Å². The molecule has 1 saturated heterocycles. The summed E-state index contributed by atoms with van der Waals surface area (Å²) in [7, 11) is 2.10. The van der Waals surface area contributed by atoms with Gasteiger partial charge in [-0.2, -0.15) is 0 Å². The standard InChI is InChI=1S/C16H19BrN4O/c1-10-13(4-3-7-21(10)2)20-16(22)14-6-5-11-8-18-9-12(17)15(11)19-14/h5-6,8-10,13H,3-4,7H2,1-2H3,(H,20,22). The number of pyridine rings is 2. The molecule has 3 rings (SSSR count). The number of piperidine rings is 1. The van der Waals surface area contributed by atoms with Gasteiger partial charge in [0.15, 0.2) is 0 Å². The maximum atomic E-state index is 12.5. The van der Waals surface area contributed by atoms with Crippen molar-refractivity contribution in [3.8, 4) is 0 Å². The predicted octanol–water partition coefficient (Wildman–Crippen LogP) is 2.60. The van der Waals surface area contributed by atoms with Crippen LogP contribution in [0.5, 0.6) is 0 Å². The summed E-state index contributed by atoms with van der Waals surface area (Å²) in [6.45, 7) is 3.24. The van der Waals surface area contributed by atoms with Crippen molar-refractivity contribution in [1.29, 1.82) is 0 Å². The molecule has 0 spiro atoms. The van der Waals surface area contributed by atoms with E-state index in [0.29, 0.717) is 11.7 Å². The van der Waals surface area contributed by atoms with Crippen LogP contribution in [0.1, 0.15) is 30.3 Å². The maximum Gasteiger partial charge on any atom is 0.270 e. The highest BCUT2D eigenvalue weighted by atomic mass is 79.9. The normalized spacial score (nSPS) is 22.7. The van der Waals surface area contributed by atoms with E-state index in [0.717, 1.165) is 34.8 Å². The zero-order valence-corrected chi connectivity index (χ0v) is 14.3. The Labute approximate surface area is 138 Å². The lowest BCUT2D eigenvalue weighted by atomic mass is 9.98. The second kappa shape index (κ2) is 6.30. The summed E-state index contributed by atoms with van der Waals surface area (Å²) >= 11 is 3.43. The van der Waals surface area contributed by atoms with Crippen molar-refractivity contribution in [2.45, 2.75) is 31.8 Å². The minimum absolute atomic E-state index is 0.113. The molecule has 116 valence electrons. The highest BCUT2D eigenvalue weighted by molar-refractivity contribution is 9.10. The summed E-state index contributed by atoms with van der Waals surface area (Å²) in [5.41, 5.74) is 1.20. The molecule has 1 aliphatic heterocycles. The monoisotopic (exact) mass is 362 g/mol. The Morgan fingerprint density at radius 1 is 1.41 bits per heavy atom. The van der Waals surface area contributed by atoms with Gasteiger partial charge in [0, 0.05) is 29.9 Å². The molecule has 0 radical (unpaired) electrons. The van der Waals surface area contributed by atoms with Crippen molar-refractivity contribution in [2.75, 3.05) is 13.6 Å². The van der Waals surface area contributed by atoms with E-state index in [-0.39, 0.29) is 11.9 Å². The third-order valence-electron chi connectivity index (χ3n) is 4.41. The van der Waals surface area contributed by atoms with E-state index in [9.17, 15) is 4.79 Å². The third kappa shape index (κ3) is 2.98. The number of amides is 1. The van der Waals surface area contributed by atoms with Crippen molar-refractivity contribution in [2.24, 2.45) is 0 Å². The Kier molecular flexibility index (Phi) is 4.40. The first kappa shape index (κ1) is 15.4. The van der Waals surface area contributed by atoms with Gasteiger partial charge in [-0.1, -0.05) is 0 Å². The predicted molar refractivity (Wildman–Crippen MR) is 89.8 cm³/mol. The molecule has 1 aliphatic rings. The second-order valence-corrected chi connectivity index (χ2v) is 6.69. The molecule has 0 aliphatic carbocycles. The fourth-order valence-electron chi connectivity index (χ4n) is 2.88. The van der Waals surface area contributed by atoms with E-state index in [4.69, 9.17) is 0 Å². The van der Waals surface area contributed by atoms with Crippen LogP contribution in [0.4, 0.5) is 0 Å². The molecule has 0 aromatic carbocycles. The van der Waals surface area contributed by atoms with Crippen LogP contribution in [0.3, 0.4) is 0 Å². The van der Waals surface area contributed by atoms with Crippen LogP contribution in [-0.4, -0.2) is 46.5 Å². The first-order valence-corrected chi connectivity index (χ1v) is 8.27. The molecule has 2 atom stereocenters. The lowest BCUT2D eigenvalue weighted by Gasteiger charge is -2.37. The fraction of sp³-hybridized carbons (Fsp3) is 0.438. The number of hydrogen-bond donors (Lipinski definition) is 1. The molecule has 0 bridgehead atoms. The SMILES string of the molecule is CC1C(NC(=O)c2ccc3cncc(Br)c3n2)CCCN1C. The van der Waals surface area contributed by atoms with Crippen LogP contribution >= 0.6 is 15.9 Å². The summed E-state index contributed by atoms with van der Waals surface area (Å²) < 4.78 is 0.797. The molecule has 1 N–H and O–H groups in total. The molecule has 5 nitrogen and oxygen atoms in total. The number of aromatic nitrogens is 2. The molecule has 2 unspecified atom stereocenters. The minimum atomic E-state index is -0.113. The van der Waals surface area contributed by atoms with Gasteiger partial charge < -0.3 is 10.2 Å². The fourth-order valence-corrected chi connectivity index (χ4v) is 3.32. The van der Waals surface area contributed by atoms with E-state index in [2.05, 4.69) is 50.1 Å².